The highest BCUT2D eigenvalue weighted by Crippen LogP contribution is 2.34. The topological polar surface area (TPSA) is 32.7 Å². The predicted octanol–water partition coefficient (Wildman–Crippen LogP) is 3.52. The molecule has 0 bridgehead atoms. The average Bonchev–Trinajstić information content (AvgIpc) is 2.77. The van der Waals surface area contributed by atoms with Gasteiger partial charge in [-0.05, 0) is 25.1 Å². The molecular weight excluding hydrogens is 292 g/mol. The Hall–Kier alpha value is -1.65. The summed E-state index contributed by atoms with van der Waals surface area (Å²) in [6, 6.07) is 9.65. The fourth-order valence-electron chi connectivity index (χ4n) is 2.23. The molecule has 0 atom stereocenters. The summed E-state index contributed by atoms with van der Waals surface area (Å²) in [5.74, 6) is 0.0112. The highest BCUT2D eigenvalue weighted by Gasteiger charge is 2.24. The van der Waals surface area contributed by atoms with Gasteiger partial charge in [-0.15, -0.1) is 11.3 Å². The van der Waals surface area contributed by atoms with Crippen LogP contribution in [0.2, 0.25) is 5.02 Å². The number of thiophene rings is 1. The van der Waals surface area contributed by atoms with E-state index >= 15 is 0 Å². The molecule has 20 heavy (non-hydrogen) atoms. The van der Waals surface area contributed by atoms with E-state index in [-0.39, 0.29) is 12.5 Å². The number of fused-ring (bicyclic) bond motifs is 1. The summed E-state index contributed by atoms with van der Waals surface area (Å²) >= 11 is 7.55. The van der Waals surface area contributed by atoms with Crippen molar-refractivity contribution in [1.29, 1.82) is 0 Å². The molecule has 2 heterocycles. The van der Waals surface area contributed by atoms with Crippen LogP contribution < -0.4 is 4.90 Å². The van der Waals surface area contributed by atoms with Crippen LogP contribution >= 0.6 is 22.9 Å². The maximum atomic E-state index is 12.0. The molecule has 1 aliphatic rings. The summed E-state index contributed by atoms with van der Waals surface area (Å²) in [4.78, 5) is 19.4. The molecule has 1 aromatic carbocycles. The largest absolute Gasteiger partial charge is 0.305 e. The van der Waals surface area contributed by atoms with Crippen molar-refractivity contribution >= 4 is 39.6 Å². The number of carbonyl (C=O) groups is 1. The second-order valence-corrected chi connectivity index (χ2v) is 6.37. The van der Waals surface area contributed by atoms with E-state index in [2.05, 4.69) is 11.1 Å². The third-order valence-corrected chi connectivity index (χ3v) is 4.64. The van der Waals surface area contributed by atoms with Crippen LogP contribution in [0.1, 0.15) is 16.0 Å². The van der Waals surface area contributed by atoms with Crippen molar-refractivity contribution in [1.82, 2.24) is 0 Å². The summed E-state index contributed by atoms with van der Waals surface area (Å²) in [6.45, 7) is 2.21. The number of rotatable bonds is 1. The number of benzene rings is 1. The molecule has 0 unspecified atom stereocenters. The fourth-order valence-corrected chi connectivity index (χ4v) is 3.34. The van der Waals surface area contributed by atoms with Gasteiger partial charge in [0.1, 0.15) is 11.5 Å². The summed E-state index contributed by atoms with van der Waals surface area (Å²) in [5, 5.41) is 1.65. The van der Waals surface area contributed by atoms with E-state index in [9.17, 15) is 4.79 Å². The lowest BCUT2D eigenvalue weighted by atomic mass is 10.0. The van der Waals surface area contributed by atoms with Gasteiger partial charge in [0.05, 0.1) is 5.71 Å². The van der Waals surface area contributed by atoms with Crippen molar-refractivity contribution in [2.75, 3.05) is 18.5 Å². The van der Waals surface area contributed by atoms with Gasteiger partial charge in [0.25, 0.3) is 0 Å². The zero-order valence-electron chi connectivity index (χ0n) is 11.2. The van der Waals surface area contributed by atoms with Crippen LogP contribution in [0.15, 0.2) is 35.3 Å². The first-order chi connectivity index (χ1) is 9.56. The van der Waals surface area contributed by atoms with Gasteiger partial charge in [0.2, 0.25) is 5.91 Å². The second-order valence-electron chi connectivity index (χ2n) is 4.70. The molecule has 102 valence electrons. The number of aliphatic imine (C=N–C) groups is 1. The zero-order chi connectivity index (χ0) is 14.3. The third kappa shape index (κ3) is 2.25. The Morgan fingerprint density at radius 2 is 2.00 bits per heavy atom. The van der Waals surface area contributed by atoms with Crippen molar-refractivity contribution in [3.63, 3.8) is 0 Å². The maximum absolute atomic E-state index is 12.0. The molecule has 0 fully saturated rings. The number of hydrogen-bond acceptors (Lipinski definition) is 3. The molecule has 0 N–H and O–H groups in total. The first-order valence-corrected chi connectivity index (χ1v) is 7.43. The number of aryl methyl sites for hydroxylation is 1. The third-order valence-electron chi connectivity index (χ3n) is 3.26. The lowest BCUT2D eigenvalue weighted by molar-refractivity contribution is -0.116. The lowest BCUT2D eigenvalue weighted by Gasteiger charge is -2.13. The number of amides is 1. The van der Waals surface area contributed by atoms with E-state index < -0.39 is 0 Å². The van der Waals surface area contributed by atoms with Crippen LogP contribution in [-0.4, -0.2) is 25.2 Å². The number of carbonyl (C=O) groups excluding carboxylic acids is 1. The Labute approximate surface area is 126 Å². The van der Waals surface area contributed by atoms with Crippen molar-refractivity contribution in [2.45, 2.75) is 6.92 Å². The molecule has 5 heteroatoms. The Balaban J connectivity index is 2.17. The number of nitrogens with zero attached hydrogens (tertiary/aromatic N) is 2. The molecule has 1 amide bonds. The molecule has 0 saturated heterocycles. The highest BCUT2D eigenvalue weighted by atomic mass is 35.5. The minimum atomic E-state index is 0.0112. The standard InChI is InChI=1S/C15H13ClN2OS/c1-9-7-12-14(10-3-5-11(16)6-4-10)17-8-13(19)18(2)15(12)20-9/h3-7H,8H2,1-2H3. The van der Waals surface area contributed by atoms with Gasteiger partial charge in [-0.1, -0.05) is 23.7 Å². The first-order valence-electron chi connectivity index (χ1n) is 6.24. The summed E-state index contributed by atoms with van der Waals surface area (Å²) < 4.78 is 0. The Kier molecular flexibility index (Phi) is 3.36. The average molecular weight is 305 g/mol. The van der Waals surface area contributed by atoms with Gasteiger partial charge >= 0.3 is 0 Å². The number of anilines is 1. The van der Waals surface area contributed by atoms with Crippen LogP contribution in [-0.2, 0) is 4.79 Å². The monoisotopic (exact) mass is 304 g/mol. The quantitative estimate of drug-likeness (QED) is 0.793. The van der Waals surface area contributed by atoms with E-state index in [1.54, 1.807) is 23.3 Å². The van der Waals surface area contributed by atoms with Crippen LogP contribution in [0.5, 0.6) is 0 Å². The Morgan fingerprint density at radius 3 is 2.70 bits per heavy atom. The van der Waals surface area contributed by atoms with E-state index in [0.29, 0.717) is 5.02 Å². The normalized spacial score (nSPS) is 14.8. The molecular formula is C15H13ClN2OS. The van der Waals surface area contributed by atoms with E-state index in [0.717, 1.165) is 21.8 Å². The van der Waals surface area contributed by atoms with Crippen molar-refractivity contribution in [3.05, 3.63) is 51.4 Å². The van der Waals surface area contributed by atoms with Crippen LogP contribution in [0.25, 0.3) is 0 Å². The van der Waals surface area contributed by atoms with Crippen molar-refractivity contribution in [3.8, 4) is 0 Å². The molecule has 3 nitrogen and oxygen atoms in total. The molecule has 2 aromatic rings. The van der Waals surface area contributed by atoms with Gasteiger partial charge < -0.3 is 4.90 Å². The van der Waals surface area contributed by atoms with Gasteiger partial charge in [-0.25, -0.2) is 0 Å². The smallest absolute Gasteiger partial charge is 0.249 e. The van der Waals surface area contributed by atoms with Gasteiger partial charge in [0, 0.05) is 28.1 Å². The summed E-state index contributed by atoms with van der Waals surface area (Å²) in [6.07, 6.45) is 0. The van der Waals surface area contributed by atoms with E-state index in [4.69, 9.17) is 11.6 Å². The minimum absolute atomic E-state index is 0.0112. The zero-order valence-corrected chi connectivity index (χ0v) is 12.8. The molecule has 0 saturated carbocycles. The van der Waals surface area contributed by atoms with E-state index in [1.165, 1.54) is 4.88 Å². The maximum Gasteiger partial charge on any atom is 0.249 e. The van der Waals surface area contributed by atoms with Crippen LogP contribution in [0.3, 0.4) is 0 Å². The lowest BCUT2D eigenvalue weighted by Crippen LogP contribution is -2.26. The predicted molar refractivity (Wildman–Crippen MR) is 84.4 cm³/mol. The molecule has 0 spiro atoms. The van der Waals surface area contributed by atoms with Crippen LogP contribution in [0.4, 0.5) is 5.00 Å². The second kappa shape index (κ2) is 5.04. The first kappa shape index (κ1) is 13.3. The molecule has 0 radical (unpaired) electrons. The van der Waals surface area contributed by atoms with Gasteiger partial charge in [-0.3, -0.25) is 9.79 Å². The van der Waals surface area contributed by atoms with E-state index in [1.807, 2.05) is 31.2 Å². The van der Waals surface area contributed by atoms with Crippen LogP contribution in [0, 0.1) is 6.92 Å². The Morgan fingerprint density at radius 1 is 1.30 bits per heavy atom. The Bertz CT molecular complexity index is 703. The molecule has 1 aliphatic heterocycles. The van der Waals surface area contributed by atoms with Gasteiger partial charge in [0.15, 0.2) is 0 Å². The molecule has 3 rings (SSSR count). The SMILES string of the molecule is Cc1cc2c(s1)N(C)C(=O)CN=C2c1ccc(Cl)cc1. The number of likely N-dealkylation sites (N-methyl/N-ethyl adjacent to an activating group) is 1. The minimum Gasteiger partial charge on any atom is -0.305 e. The fraction of sp³-hybridized carbons (Fsp3) is 0.200. The highest BCUT2D eigenvalue weighted by molar-refractivity contribution is 7.16. The molecule has 1 aromatic heterocycles. The number of hydrogen-bond donors (Lipinski definition) is 0. The van der Waals surface area contributed by atoms with Crippen molar-refractivity contribution in [2.24, 2.45) is 4.99 Å². The number of halogens is 1. The summed E-state index contributed by atoms with van der Waals surface area (Å²) in [5.41, 5.74) is 2.86. The summed E-state index contributed by atoms with van der Waals surface area (Å²) in [7, 11) is 1.80. The van der Waals surface area contributed by atoms with Gasteiger partial charge in [-0.2, -0.15) is 0 Å². The van der Waals surface area contributed by atoms with Crippen molar-refractivity contribution < 1.29 is 4.79 Å². The molecule has 0 aliphatic carbocycles.